The van der Waals surface area contributed by atoms with E-state index in [1.54, 1.807) is 41.2 Å². The summed E-state index contributed by atoms with van der Waals surface area (Å²) in [6, 6.07) is 16.7. The number of ether oxygens (including phenoxy) is 1. The minimum absolute atomic E-state index is 0.0752. The van der Waals surface area contributed by atoms with Crippen molar-refractivity contribution in [2.75, 3.05) is 11.9 Å². The SMILES string of the molecule is CCC(=O)c1ccc(OCC(=O)Nc2ccnn2Cc2cccc(C)c2)cc1. The number of aromatic nitrogens is 2. The maximum atomic E-state index is 12.2. The number of benzene rings is 2. The third-order valence-electron chi connectivity index (χ3n) is 4.27. The fraction of sp³-hybridized carbons (Fsp3) is 0.227. The van der Waals surface area contributed by atoms with Gasteiger partial charge in [-0.05, 0) is 36.8 Å². The summed E-state index contributed by atoms with van der Waals surface area (Å²) >= 11 is 0. The Morgan fingerprint density at radius 2 is 1.89 bits per heavy atom. The lowest BCUT2D eigenvalue weighted by Gasteiger charge is -2.10. The van der Waals surface area contributed by atoms with Crippen molar-refractivity contribution >= 4 is 17.5 Å². The van der Waals surface area contributed by atoms with Crippen LogP contribution in [0.25, 0.3) is 0 Å². The van der Waals surface area contributed by atoms with Crippen molar-refractivity contribution in [1.29, 1.82) is 0 Å². The van der Waals surface area contributed by atoms with Crippen molar-refractivity contribution < 1.29 is 14.3 Å². The van der Waals surface area contributed by atoms with Gasteiger partial charge in [-0.15, -0.1) is 0 Å². The Bertz CT molecular complexity index is 961. The second-order valence-electron chi connectivity index (χ2n) is 6.50. The lowest BCUT2D eigenvalue weighted by Crippen LogP contribution is -2.22. The molecular weight excluding hydrogens is 354 g/mol. The largest absolute Gasteiger partial charge is 0.484 e. The summed E-state index contributed by atoms with van der Waals surface area (Å²) in [5.74, 6) is 0.945. The number of rotatable bonds is 8. The first-order valence-electron chi connectivity index (χ1n) is 9.18. The zero-order valence-electron chi connectivity index (χ0n) is 16.0. The number of ketones is 1. The van der Waals surface area contributed by atoms with Gasteiger partial charge in [0.15, 0.2) is 12.4 Å². The van der Waals surface area contributed by atoms with Crippen LogP contribution in [-0.4, -0.2) is 28.1 Å². The average molecular weight is 377 g/mol. The molecule has 0 spiro atoms. The lowest BCUT2D eigenvalue weighted by atomic mass is 10.1. The molecule has 1 aromatic heterocycles. The van der Waals surface area contributed by atoms with E-state index in [1.807, 2.05) is 32.0 Å². The van der Waals surface area contributed by atoms with Crippen LogP contribution in [0.5, 0.6) is 5.75 Å². The van der Waals surface area contributed by atoms with E-state index in [-0.39, 0.29) is 18.3 Å². The summed E-state index contributed by atoms with van der Waals surface area (Å²) in [5, 5.41) is 7.09. The molecule has 0 atom stereocenters. The van der Waals surface area contributed by atoms with E-state index in [0.29, 0.717) is 30.1 Å². The van der Waals surface area contributed by atoms with Gasteiger partial charge < -0.3 is 10.1 Å². The molecule has 1 heterocycles. The summed E-state index contributed by atoms with van der Waals surface area (Å²) in [7, 11) is 0. The first-order valence-corrected chi connectivity index (χ1v) is 9.18. The van der Waals surface area contributed by atoms with Crippen LogP contribution in [0.3, 0.4) is 0 Å². The Morgan fingerprint density at radius 1 is 1.11 bits per heavy atom. The van der Waals surface area contributed by atoms with E-state index < -0.39 is 0 Å². The molecule has 1 amide bonds. The van der Waals surface area contributed by atoms with Crippen LogP contribution in [0.4, 0.5) is 5.82 Å². The molecular formula is C22H23N3O3. The predicted octanol–water partition coefficient (Wildman–Crippen LogP) is 3.85. The fourth-order valence-electron chi connectivity index (χ4n) is 2.82. The molecule has 28 heavy (non-hydrogen) atoms. The molecule has 0 bridgehead atoms. The highest BCUT2D eigenvalue weighted by atomic mass is 16.5. The number of amides is 1. The van der Waals surface area contributed by atoms with Gasteiger partial charge in [-0.25, -0.2) is 4.68 Å². The summed E-state index contributed by atoms with van der Waals surface area (Å²) < 4.78 is 7.24. The van der Waals surface area contributed by atoms with Crippen LogP contribution in [-0.2, 0) is 11.3 Å². The Balaban J connectivity index is 1.55. The summed E-state index contributed by atoms with van der Waals surface area (Å²) in [6.45, 7) is 4.30. The molecule has 0 aliphatic rings. The van der Waals surface area contributed by atoms with E-state index >= 15 is 0 Å². The molecule has 144 valence electrons. The predicted molar refractivity (Wildman–Crippen MR) is 108 cm³/mol. The molecule has 0 aliphatic carbocycles. The first kappa shape index (κ1) is 19.4. The Kier molecular flexibility index (Phi) is 6.22. The van der Waals surface area contributed by atoms with Crippen LogP contribution in [0, 0.1) is 6.92 Å². The second-order valence-corrected chi connectivity index (χ2v) is 6.50. The number of nitrogens with one attached hydrogen (secondary N) is 1. The van der Waals surface area contributed by atoms with Crippen LogP contribution >= 0.6 is 0 Å². The molecule has 0 fully saturated rings. The minimum Gasteiger partial charge on any atom is -0.484 e. The molecule has 0 aliphatic heterocycles. The highest BCUT2D eigenvalue weighted by molar-refractivity contribution is 5.96. The average Bonchev–Trinajstić information content (AvgIpc) is 3.12. The van der Waals surface area contributed by atoms with Gasteiger partial charge >= 0.3 is 0 Å². The number of aryl methyl sites for hydroxylation is 1. The molecule has 0 radical (unpaired) electrons. The quantitative estimate of drug-likeness (QED) is 0.605. The van der Waals surface area contributed by atoms with Gasteiger partial charge in [-0.3, -0.25) is 9.59 Å². The molecule has 3 aromatic rings. The zero-order chi connectivity index (χ0) is 19.9. The van der Waals surface area contributed by atoms with Gasteiger partial charge in [0.05, 0.1) is 12.7 Å². The van der Waals surface area contributed by atoms with Gasteiger partial charge in [-0.1, -0.05) is 36.8 Å². The molecule has 6 heteroatoms. The van der Waals surface area contributed by atoms with Crippen LogP contribution in [0.15, 0.2) is 60.8 Å². The highest BCUT2D eigenvalue weighted by Gasteiger charge is 2.09. The van der Waals surface area contributed by atoms with Gasteiger partial charge in [0.2, 0.25) is 0 Å². The fourth-order valence-corrected chi connectivity index (χ4v) is 2.82. The smallest absolute Gasteiger partial charge is 0.263 e. The third-order valence-corrected chi connectivity index (χ3v) is 4.27. The van der Waals surface area contributed by atoms with Crippen molar-refractivity contribution in [3.63, 3.8) is 0 Å². The van der Waals surface area contributed by atoms with E-state index in [4.69, 9.17) is 4.74 Å². The minimum atomic E-state index is -0.278. The number of nitrogens with zero attached hydrogens (tertiary/aromatic N) is 2. The summed E-state index contributed by atoms with van der Waals surface area (Å²) in [6.07, 6.45) is 2.11. The maximum absolute atomic E-state index is 12.2. The van der Waals surface area contributed by atoms with E-state index in [0.717, 1.165) is 5.56 Å². The number of anilines is 1. The molecule has 6 nitrogen and oxygen atoms in total. The third kappa shape index (κ3) is 5.07. The zero-order valence-corrected chi connectivity index (χ0v) is 16.0. The Labute approximate surface area is 164 Å². The first-order chi connectivity index (χ1) is 13.5. The molecule has 0 unspecified atom stereocenters. The van der Waals surface area contributed by atoms with Crippen LogP contribution < -0.4 is 10.1 Å². The molecule has 0 saturated heterocycles. The monoisotopic (exact) mass is 377 g/mol. The van der Waals surface area contributed by atoms with Crippen molar-refractivity contribution in [3.05, 3.63) is 77.5 Å². The Morgan fingerprint density at radius 3 is 2.61 bits per heavy atom. The van der Waals surface area contributed by atoms with Gasteiger partial charge in [-0.2, -0.15) is 5.10 Å². The van der Waals surface area contributed by atoms with E-state index in [9.17, 15) is 9.59 Å². The topological polar surface area (TPSA) is 73.2 Å². The molecule has 1 N–H and O–H groups in total. The van der Waals surface area contributed by atoms with Gasteiger partial charge in [0.1, 0.15) is 11.6 Å². The summed E-state index contributed by atoms with van der Waals surface area (Å²) in [5.41, 5.74) is 2.92. The Hall–Kier alpha value is -3.41. The molecule has 3 rings (SSSR count). The maximum Gasteiger partial charge on any atom is 0.263 e. The second kappa shape index (κ2) is 8.99. The van der Waals surface area contributed by atoms with Gasteiger partial charge in [0.25, 0.3) is 5.91 Å². The van der Waals surface area contributed by atoms with Crippen molar-refractivity contribution in [2.45, 2.75) is 26.8 Å². The van der Waals surface area contributed by atoms with Crippen LogP contribution in [0.2, 0.25) is 0 Å². The number of hydrogen-bond donors (Lipinski definition) is 1. The number of carbonyl (C=O) groups is 2. The van der Waals surface area contributed by atoms with Crippen molar-refractivity contribution in [2.24, 2.45) is 0 Å². The van der Waals surface area contributed by atoms with Crippen molar-refractivity contribution in [1.82, 2.24) is 9.78 Å². The number of hydrogen-bond acceptors (Lipinski definition) is 4. The number of carbonyl (C=O) groups excluding carboxylic acids is 2. The summed E-state index contributed by atoms with van der Waals surface area (Å²) in [4.78, 5) is 23.9. The van der Waals surface area contributed by atoms with Gasteiger partial charge in [0, 0.05) is 18.1 Å². The molecule has 0 saturated carbocycles. The standard InChI is InChI=1S/C22H23N3O3/c1-3-20(26)18-7-9-19(10-8-18)28-15-22(27)24-21-11-12-23-25(21)14-17-6-4-5-16(2)13-17/h4-13H,3,14-15H2,1-2H3,(H,24,27). The van der Waals surface area contributed by atoms with Crippen LogP contribution in [0.1, 0.15) is 34.8 Å². The lowest BCUT2D eigenvalue weighted by molar-refractivity contribution is -0.118. The molecule has 2 aromatic carbocycles. The highest BCUT2D eigenvalue weighted by Crippen LogP contribution is 2.14. The van der Waals surface area contributed by atoms with E-state index in [1.165, 1.54) is 5.56 Å². The normalized spacial score (nSPS) is 10.5. The van der Waals surface area contributed by atoms with E-state index in [2.05, 4.69) is 16.5 Å². The van der Waals surface area contributed by atoms with Crippen molar-refractivity contribution in [3.8, 4) is 5.75 Å². The number of Topliss-reactive ketones (excluding diaryl/α,β-unsaturated/α-hetero) is 1.